The van der Waals surface area contributed by atoms with E-state index in [0.29, 0.717) is 13.1 Å². The van der Waals surface area contributed by atoms with Crippen LogP contribution < -0.4 is 5.32 Å². The monoisotopic (exact) mass is 310 g/mol. The highest BCUT2D eigenvalue weighted by Crippen LogP contribution is 2.47. The molecule has 2 rings (SSSR count). The fraction of sp³-hybridized carbons (Fsp3) is 0.714. The predicted molar refractivity (Wildman–Crippen MR) is 70.3 cm³/mol. The van der Waals surface area contributed by atoms with Gasteiger partial charge in [-0.1, -0.05) is 17.7 Å². The third-order valence-corrected chi connectivity index (χ3v) is 3.97. The van der Waals surface area contributed by atoms with Gasteiger partial charge in [0.2, 0.25) is 0 Å². The van der Waals surface area contributed by atoms with Crippen LogP contribution in [0.25, 0.3) is 0 Å². The molecule has 1 aliphatic carbocycles. The summed E-state index contributed by atoms with van der Waals surface area (Å²) >= 11 is 0. The summed E-state index contributed by atoms with van der Waals surface area (Å²) in [5.74, 6) is -6.49. The fourth-order valence-corrected chi connectivity index (χ4v) is 2.77. The quantitative estimate of drug-likeness (QED) is 0.806. The maximum Gasteiger partial charge on any atom is 0.453 e. The van der Waals surface area contributed by atoms with Crippen LogP contribution in [0.2, 0.25) is 0 Å². The Morgan fingerprint density at radius 3 is 2.38 bits per heavy atom. The van der Waals surface area contributed by atoms with Gasteiger partial charge in [0.05, 0.1) is 5.92 Å². The van der Waals surface area contributed by atoms with Crippen molar-refractivity contribution >= 4 is 0 Å². The van der Waals surface area contributed by atoms with Gasteiger partial charge in [0.15, 0.2) is 0 Å². The lowest BCUT2D eigenvalue weighted by atomic mass is 9.83. The standard InChI is InChI=1S/C14H19F5N2/c1-10-2-3-12(13(15,16)14(17,18)19)11(8-10)9-21-6-4-20-5-7-21/h2,8,12,20H,3-7,9H2,1H3. The molecule has 0 amide bonds. The molecule has 1 aliphatic heterocycles. The summed E-state index contributed by atoms with van der Waals surface area (Å²) in [6.45, 7) is 4.66. The largest absolute Gasteiger partial charge is 0.453 e. The highest BCUT2D eigenvalue weighted by Gasteiger charge is 2.62. The second-order valence-corrected chi connectivity index (χ2v) is 5.60. The van der Waals surface area contributed by atoms with Crippen molar-refractivity contribution in [3.8, 4) is 0 Å². The van der Waals surface area contributed by atoms with Crippen molar-refractivity contribution in [1.29, 1.82) is 0 Å². The van der Waals surface area contributed by atoms with Gasteiger partial charge in [0.25, 0.3) is 0 Å². The van der Waals surface area contributed by atoms with E-state index >= 15 is 0 Å². The minimum absolute atomic E-state index is 0.170. The number of halogens is 5. The Bertz CT molecular complexity index is 433. The lowest BCUT2D eigenvalue weighted by Crippen LogP contribution is -2.48. The molecule has 7 heteroatoms. The molecular formula is C14H19F5N2. The Kier molecular flexibility index (Phi) is 4.72. The second-order valence-electron chi connectivity index (χ2n) is 5.60. The summed E-state index contributed by atoms with van der Waals surface area (Å²) in [4.78, 5) is 1.92. The van der Waals surface area contributed by atoms with Crippen LogP contribution in [0.4, 0.5) is 22.0 Å². The first-order valence-corrected chi connectivity index (χ1v) is 6.96. The molecule has 2 nitrogen and oxygen atoms in total. The molecule has 0 aromatic rings. The van der Waals surface area contributed by atoms with Gasteiger partial charge in [0, 0.05) is 32.7 Å². The number of nitrogens with one attached hydrogen (secondary N) is 1. The van der Waals surface area contributed by atoms with Crippen LogP contribution in [0.15, 0.2) is 23.3 Å². The topological polar surface area (TPSA) is 15.3 Å². The van der Waals surface area contributed by atoms with E-state index in [4.69, 9.17) is 0 Å². The second kappa shape index (κ2) is 6.04. The van der Waals surface area contributed by atoms with Crippen molar-refractivity contribution in [1.82, 2.24) is 10.2 Å². The molecular weight excluding hydrogens is 291 g/mol. The lowest BCUT2D eigenvalue weighted by Gasteiger charge is -2.35. The molecule has 1 atom stereocenters. The molecule has 0 bridgehead atoms. The number of piperazine rings is 1. The summed E-state index contributed by atoms with van der Waals surface area (Å²) in [6, 6.07) is 0. The predicted octanol–water partition coefficient (Wildman–Crippen LogP) is 2.98. The van der Waals surface area contributed by atoms with Gasteiger partial charge >= 0.3 is 12.1 Å². The average molecular weight is 310 g/mol. The van der Waals surface area contributed by atoms with E-state index in [9.17, 15) is 22.0 Å². The molecule has 0 aromatic carbocycles. The third-order valence-electron chi connectivity index (χ3n) is 3.97. The zero-order valence-electron chi connectivity index (χ0n) is 11.8. The molecule has 0 saturated carbocycles. The molecule has 0 radical (unpaired) electrons. The molecule has 1 saturated heterocycles. The van der Waals surface area contributed by atoms with E-state index in [-0.39, 0.29) is 18.5 Å². The van der Waals surface area contributed by atoms with Crippen LogP contribution in [0.5, 0.6) is 0 Å². The van der Waals surface area contributed by atoms with Crippen molar-refractivity contribution in [2.24, 2.45) is 5.92 Å². The van der Waals surface area contributed by atoms with Crippen molar-refractivity contribution in [2.75, 3.05) is 32.7 Å². The van der Waals surface area contributed by atoms with Crippen molar-refractivity contribution in [3.63, 3.8) is 0 Å². The minimum atomic E-state index is -5.51. The Hall–Kier alpha value is -0.950. The van der Waals surface area contributed by atoms with E-state index in [0.717, 1.165) is 18.7 Å². The number of hydrogen-bond donors (Lipinski definition) is 1. The fourth-order valence-electron chi connectivity index (χ4n) is 2.77. The highest BCUT2D eigenvalue weighted by molar-refractivity contribution is 5.31. The first-order valence-electron chi connectivity index (χ1n) is 6.96. The van der Waals surface area contributed by atoms with Crippen molar-refractivity contribution in [3.05, 3.63) is 23.3 Å². The molecule has 120 valence electrons. The number of nitrogens with zero attached hydrogens (tertiary/aromatic N) is 1. The van der Waals surface area contributed by atoms with Gasteiger partial charge in [-0.25, -0.2) is 0 Å². The summed E-state index contributed by atoms with van der Waals surface area (Å²) < 4.78 is 65.4. The lowest BCUT2D eigenvalue weighted by molar-refractivity contribution is -0.298. The molecule has 0 spiro atoms. The van der Waals surface area contributed by atoms with Gasteiger partial charge < -0.3 is 5.32 Å². The maximum atomic E-state index is 13.7. The Labute approximate surface area is 120 Å². The SMILES string of the molecule is CC1=CCC(C(F)(F)C(F)(F)F)C(CN2CCNCC2)=C1. The van der Waals surface area contributed by atoms with Gasteiger partial charge in [0.1, 0.15) is 0 Å². The van der Waals surface area contributed by atoms with E-state index in [2.05, 4.69) is 5.32 Å². The van der Waals surface area contributed by atoms with E-state index < -0.39 is 18.0 Å². The molecule has 21 heavy (non-hydrogen) atoms. The van der Waals surface area contributed by atoms with Gasteiger partial charge in [-0.05, 0) is 18.9 Å². The Balaban J connectivity index is 2.18. The molecule has 1 N–H and O–H groups in total. The number of alkyl halides is 5. The minimum Gasteiger partial charge on any atom is -0.314 e. The summed E-state index contributed by atoms with van der Waals surface area (Å²) in [7, 11) is 0. The summed E-state index contributed by atoms with van der Waals surface area (Å²) in [5.41, 5.74) is 0.925. The molecule has 1 heterocycles. The maximum absolute atomic E-state index is 13.7. The average Bonchev–Trinajstić information content (AvgIpc) is 2.38. The Morgan fingerprint density at radius 1 is 1.19 bits per heavy atom. The van der Waals surface area contributed by atoms with Crippen LogP contribution in [0, 0.1) is 5.92 Å². The van der Waals surface area contributed by atoms with E-state index in [1.165, 1.54) is 12.2 Å². The number of rotatable bonds is 3. The van der Waals surface area contributed by atoms with Gasteiger partial charge in [-0.2, -0.15) is 22.0 Å². The first kappa shape index (κ1) is 16.4. The normalized spacial score (nSPS) is 25.5. The van der Waals surface area contributed by atoms with Crippen LogP contribution >= 0.6 is 0 Å². The van der Waals surface area contributed by atoms with E-state index in [1.54, 1.807) is 6.92 Å². The Morgan fingerprint density at radius 2 is 1.81 bits per heavy atom. The first-order chi connectivity index (χ1) is 9.72. The molecule has 1 unspecified atom stereocenters. The van der Waals surface area contributed by atoms with Crippen molar-refractivity contribution in [2.45, 2.75) is 25.4 Å². The smallest absolute Gasteiger partial charge is 0.314 e. The number of allylic oxidation sites excluding steroid dienone is 3. The summed E-state index contributed by atoms with van der Waals surface area (Å²) in [5, 5.41) is 3.13. The zero-order chi connectivity index (χ0) is 15.7. The highest BCUT2D eigenvalue weighted by atomic mass is 19.4. The molecule has 1 fully saturated rings. The van der Waals surface area contributed by atoms with Crippen molar-refractivity contribution < 1.29 is 22.0 Å². The third kappa shape index (κ3) is 3.63. The van der Waals surface area contributed by atoms with Crippen LogP contribution in [0.3, 0.4) is 0 Å². The number of hydrogen-bond acceptors (Lipinski definition) is 2. The van der Waals surface area contributed by atoms with Crippen LogP contribution in [-0.4, -0.2) is 49.7 Å². The summed E-state index contributed by atoms with van der Waals surface area (Å²) in [6.07, 6.45) is -2.85. The van der Waals surface area contributed by atoms with Crippen LogP contribution in [0.1, 0.15) is 13.3 Å². The van der Waals surface area contributed by atoms with Crippen LogP contribution in [-0.2, 0) is 0 Å². The molecule has 2 aliphatic rings. The zero-order valence-corrected chi connectivity index (χ0v) is 11.8. The molecule has 0 aromatic heterocycles. The van der Waals surface area contributed by atoms with Gasteiger partial charge in [-0.15, -0.1) is 0 Å². The van der Waals surface area contributed by atoms with E-state index in [1.807, 2.05) is 4.90 Å². The van der Waals surface area contributed by atoms with Gasteiger partial charge in [-0.3, -0.25) is 4.90 Å².